The lowest BCUT2D eigenvalue weighted by Crippen LogP contribution is -2.70. The van der Waals surface area contributed by atoms with Crippen LogP contribution in [0.1, 0.15) is 107 Å². The van der Waals surface area contributed by atoms with Crippen LogP contribution in [0.3, 0.4) is 0 Å². The van der Waals surface area contributed by atoms with Crippen molar-refractivity contribution < 1.29 is 92.0 Å². The first-order valence-electron chi connectivity index (χ1n) is 24.2. The molecule has 4 aliphatic carbocycles. The van der Waals surface area contributed by atoms with Crippen molar-refractivity contribution >= 4 is 17.7 Å². The van der Waals surface area contributed by atoms with Crippen molar-refractivity contribution in [2.24, 2.45) is 28.6 Å². The number of ether oxygens (including phenoxy) is 11. The van der Waals surface area contributed by atoms with E-state index in [4.69, 9.17) is 52.1 Å². The van der Waals surface area contributed by atoms with Crippen molar-refractivity contribution in [3.05, 3.63) is 11.6 Å². The summed E-state index contributed by atoms with van der Waals surface area (Å²) < 4.78 is 68.9. The molecule has 4 saturated carbocycles. The average Bonchev–Trinajstić information content (AvgIpc) is 3.84. The van der Waals surface area contributed by atoms with E-state index in [0.717, 1.165) is 6.42 Å². The second-order valence-corrected chi connectivity index (χ2v) is 21.0. The maximum Gasteiger partial charge on any atom is 0.333 e. The van der Waals surface area contributed by atoms with Crippen molar-refractivity contribution in [2.45, 2.75) is 222 Å². The molecule has 2 spiro atoms. The number of epoxide rings is 1. The van der Waals surface area contributed by atoms with Crippen molar-refractivity contribution in [1.82, 2.24) is 0 Å². The van der Waals surface area contributed by atoms with Gasteiger partial charge in [0.1, 0.15) is 78.0 Å². The van der Waals surface area contributed by atoms with Crippen LogP contribution in [0.2, 0.25) is 0 Å². The molecule has 24 atom stereocenters. The SMILES string of the molecule is C/C=C(\C)C(=O)OC1C2C3(C)CC[C@H](O[C@H]4C[C@H](OC)[C@H](O[C@@H]5O[C@H](C)[C@@H](O[C@@H]6O[C@H](CO)[C@@H](O)[C@H](O)[C@H]6O)[C@@H](OC)[C@H]5O)[C@@H](C)O4)CC3CCC23OC32CCC(C(C)=O)C2(C)C1OC(C)=O. The third-order valence-corrected chi connectivity index (χ3v) is 17.7. The highest BCUT2D eigenvalue weighted by atomic mass is 16.8. The maximum absolute atomic E-state index is 13.8. The van der Waals surface area contributed by atoms with Crippen LogP contribution in [-0.2, 0) is 66.5 Å². The topological polar surface area (TPSA) is 257 Å². The third-order valence-electron chi connectivity index (χ3n) is 17.7. The highest BCUT2D eigenvalue weighted by Gasteiger charge is 2.91. The Kier molecular flexibility index (Phi) is 14.6. The van der Waals surface area contributed by atoms with Crippen LogP contribution in [-0.4, -0.2) is 180 Å². The Morgan fingerprint density at radius 2 is 1.42 bits per heavy atom. The molecule has 19 nitrogen and oxygen atoms in total. The van der Waals surface area contributed by atoms with E-state index < -0.39 is 145 Å². The summed E-state index contributed by atoms with van der Waals surface area (Å²) in [5, 5.41) is 52.3. The second kappa shape index (κ2) is 19.1. The Labute approximate surface area is 392 Å². The van der Waals surface area contributed by atoms with Gasteiger partial charge in [0.25, 0.3) is 0 Å². The van der Waals surface area contributed by atoms with Crippen LogP contribution in [0.25, 0.3) is 0 Å². The van der Waals surface area contributed by atoms with E-state index in [1.54, 1.807) is 40.9 Å². The number of aliphatic hydroxyl groups excluding tert-OH is 5. The lowest BCUT2D eigenvalue weighted by molar-refractivity contribution is -0.371. The lowest BCUT2D eigenvalue weighted by atomic mass is 9.43. The van der Waals surface area contributed by atoms with Gasteiger partial charge in [0, 0.05) is 50.4 Å². The summed E-state index contributed by atoms with van der Waals surface area (Å²) in [5.41, 5.74) is -2.23. The van der Waals surface area contributed by atoms with Gasteiger partial charge < -0.3 is 77.6 Å². The van der Waals surface area contributed by atoms with Gasteiger partial charge in [-0.1, -0.05) is 19.9 Å². The summed E-state index contributed by atoms with van der Waals surface area (Å²) in [7, 11) is 2.94. The smallest absolute Gasteiger partial charge is 0.333 e. The molecule has 4 aliphatic heterocycles. The van der Waals surface area contributed by atoms with E-state index in [-0.39, 0.29) is 23.7 Å². The van der Waals surface area contributed by atoms with Gasteiger partial charge in [0.05, 0.1) is 31.0 Å². The number of carbonyl (C=O) groups excluding carboxylic acids is 3. The van der Waals surface area contributed by atoms with Gasteiger partial charge in [0.15, 0.2) is 18.9 Å². The van der Waals surface area contributed by atoms with Crippen molar-refractivity contribution in [2.75, 3.05) is 20.8 Å². The van der Waals surface area contributed by atoms with Gasteiger partial charge >= 0.3 is 11.9 Å². The first kappa shape index (κ1) is 51.2. The fourth-order valence-electron chi connectivity index (χ4n) is 14.1. The molecule has 380 valence electrons. The fourth-order valence-corrected chi connectivity index (χ4v) is 14.1. The Bertz CT molecular complexity index is 1860. The summed E-state index contributed by atoms with van der Waals surface area (Å²) in [5.74, 6) is -1.60. The molecule has 0 aromatic carbocycles. The Hall–Kier alpha value is -2.21. The largest absolute Gasteiger partial charge is 0.458 e. The standard InChI is InChI=1S/C48H74O19/c1-11-21(2)42(56)64-39-40-45(7)15-13-27(18-26(45)12-16-47(40)48(67-47)17-14-28(22(3)50)46(48,8)41(39)61-25(6)51)62-31-19-29(57-9)36(23(4)59-31)65-44-35(55)38(58-10)37(24(5)60-44)66-43-34(54)33(53)32(52)30(20-49)63-43/h11,23-24,26-41,43-44,49,52-55H,12-20H2,1-10H3/b21-11+/t23-,24-,26?,27+,28?,29+,30-,31+,32-,33+,34-,35-,36-,37-,38+,39?,40?,41?,43+,44+,45?,46?,47?,48?/m1/s1. The molecule has 8 aliphatic rings. The molecule has 0 aromatic heterocycles. The number of Topliss-reactive ketones (excluding diaryl/α,β-unsaturated/α-hetero) is 1. The van der Waals surface area contributed by atoms with Crippen LogP contribution in [0.5, 0.6) is 0 Å². The summed E-state index contributed by atoms with van der Waals surface area (Å²) in [6.45, 7) is 13.5. The zero-order chi connectivity index (χ0) is 48.7. The molecule has 8 fully saturated rings. The summed E-state index contributed by atoms with van der Waals surface area (Å²) in [4.78, 5) is 40.1. The molecule has 19 heteroatoms. The monoisotopic (exact) mass is 954 g/mol. The lowest BCUT2D eigenvalue weighted by Gasteiger charge is -2.61. The molecule has 0 aromatic rings. The Balaban J connectivity index is 0.945. The summed E-state index contributed by atoms with van der Waals surface area (Å²) in [6, 6.07) is 0. The highest BCUT2D eigenvalue weighted by Crippen LogP contribution is 2.81. The Morgan fingerprint density at radius 3 is 2.06 bits per heavy atom. The zero-order valence-corrected chi connectivity index (χ0v) is 40.4. The molecule has 4 heterocycles. The highest BCUT2D eigenvalue weighted by molar-refractivity contribution is 5.88. The molecule has 0 amide bonds. The number of ketones is 1. The molecule has 5 N–H and O–H groups in total. The normalized spacial score (nSPS) is 51.7. The van der Waals surface area contributed by atoms with Crippen LogP contribution >= 0.6 is 0 Å². The number of esters is 2. The van der Waals surface area contributed by atoms with E-state index in [2.05, 4.69) is 6.92 Å². The van der Waals surface area contributed by atoms with Crippen LogP contribution in [0.4, 0.5) is 0 Å². The van der Waals surface area contributed by atoms with E-state index >= 15 is 0 Å². The van der Waals surface area contributed by atoms with Gasteiger partial charge in [-0.15, -0.1) is 0 Å². The van der Waals surface area contributed by atoms with Crippen LogP contribution in [0.15, 0.2) is 11.6 Å². The maximum atomic E-state index is 13.8. The molecular formula is C48H74O19. The third kappa shape index (κ3) is 8.25. The van der Waals surface area contributed by atoms with Crippen molar-refractivity contribution in [1.29, 1.82) is 0 Å². The van der Waals surface area contributed by atoms with E-state index in [1.165, 1.54) is 14.0 Å². The molecule has 0 bridgehead atoms. The van der Waals surface area contributed by atoms with Gasteiger partial charge in [0.2, 0.25) is 0 Å². The summed E-state index contributed by atoms with van der Waals surface area (Å²) >= 11 is 0. The number of aliphatic hydroxyl groups is 5. The average molecular weight is 955 g/mol. The van der Waals surface area contributed by atoms with Crippen molar-refractivity contribution in [3.63, 3.8) is 0 Å². The number of rotatable bonds is 13. The van der Waals surface area contributed by atoms with Gasteiger partial charge in [-0.2, -0.15) is 0 Å². The van der Waals surface area contributed by atoms with Crippen molar-refractivity contribution in [3.8, 4) is 0 Å². The quantitative estimate of drug-likeness (QED) is 0.0763. The predicted octanol–water partition coefficient (Wildman–Crippen LogP) is 1.77. The minimum Gasteiger partial charge on any atom is -0.458 e. The minimum absolute atomic E-state index is 0.00581. The molecular weight excluding hydrogens is 881 g/mol. The number of hydrogen-bond acceptors (Lipinski definition) is 19. The van der Waals surface area contributed by atoms with Gasteiger partial charge in [-0.05, 0) is 90.9 Å². The Morgan fingerprint density at radius 1 is 0.731 bits per heavy atom. The number of carbonyl (C=O) groups is 3. The zero-order valence-electron chi connectivity index (χ0n) is 40.4. The first-order valence-corrected chi connectivity index (χ1v) is 24.2. The summed E-state index contributed by atoms with van der Waals surface area (Å²) in [6.07, 6.45) is -10.6. The second-order valence-electron chi connectivity index (χ2n) is 21.0. The fraction of sp³-hybridized carbons (Fsp3) is 0.896. The molecule has 9 unspecified atom stereocenters. The molecule has 0 radical (unpaired) electrons. The molecule has 67 heavy (non-hydrogen) atoms. The van der Waals surface area contributed by atoms with E-state index in [1.807, 2.05) is 13.8 Å². The number of methoxy groups -OCH3 is 2. The van der Waals surface area contributed by atoms with E-state index in [0.29, 0.717) is 50.5 Å². The molecule has 8 rings (SSSR count). The predicted molar refractivity (Wildman–Crippen MR) is 230 cm³/mol. The number of allylic oxidation sites excluding steroid dienone is 1. The van der Waals surface area contributed by atoms with E-state index in [9.17, 15) is 39.9 Å². The first-order chi connectivity index (χ1) is 31.7. The van der Waals surface area contributed by atoms with Crippen LogP contribution in [0, 0.1) is 28.6 Å². The minimum atomic E-state index is -1.67. The van der Waals surface area contributed by atoms with Gasteiger partial charge in [-0.3, -0.25) is 9.59 Å². The van der Waals surface area contributed by atoms with Crippen LogP contribution < -0.4 is 0 Å². The molecule has 4 saturated heterocycles. The number of fused-ring (bicyclic) bond motifs is 2. The van der Waals surface area contributed by atoms with Gasteiger partial charge in [-0.25, -0.2) is 4.79 Å². The number of hydrogen-bond donors (Lipinski definition) is 5.